The molecule has 14 heavy (non-hydrogen) atoms. The van der Waals surface area contributed by atoms with Crippen LogP contribution in [0.3, 0.4) is 0 Å². The molecule has 0 aromatic rings. The van der Waals surface area contributed by atoms with E-state index in [1.807, 2.05) is 0 Å². The zero-order valence-electron chi connectivity index (χ0n) is 7.97. The molecule has 1 fully saturated rings. The number of carboxylic acids is 1. The van der Waals surface area contributed by atoms with E-state index in [1.165, 1.54) is 7.11 Å². The summed E-state index contributed by atoms with van der Waals surface area (Å²) >= 11 is 4.26. The SMILES string of the molecule is COC(=O)C1CC(S)CCC1C(=O)O. The van der Waals surface area contributed by atoms with Gasteiger partial charge in [0.1, 0.15) is 0 Å². The Hall–Kier alpha value is -0.710. The third kappa shape index (κ3) is 2.41. The summed E-state index contributed by atoms with van der Waals surface area (Å²) in [6, 6.07) is 0. The largest absolute Gasteiger partial charge is 0.481 e. The fourth-order valence-corrected chi connectivity index (χ4v) is 2.23. The highest BCUT2D eigenvalue weighted by Gasteiger charge is 2.39. The van der Waals surface area contributed by atoms with Crippen LogP contribution in [0.15, 0.2) is 0 Å². The summed E-state index contributed by atoms with van der Waals surface area (Å²) in [4.78, 5) is 22.2. The molecule has 4 nitrogen and oxygen atoms in total. The quantitative estimate of drug-likeness (QED) is 0.535. The Bertz CT molecular complexity index is 241. The fraction of sp³-hybridized carbons (Fsp3) is 0.778. The number of rotatable bonds is 2. The van der Waals surface area contributed by atoms with Crippen LogP contribution >= 0.6 is 12.6 Å². The molecule has 0 amide bonds. The van der Waals surface area contributed by atoms with Gasteiger partial charge in [0.15, 0.2) is 0 Å². The molecule has 0 heterocycles. The number of hydrogen-bond acceptors (Lipinski definition) is 4. The van der Waals surface area contributed by atoms with E-state index in [0.29, 0.717) is 12.8 Å². The molecule has 0 aliphatic heterocycles. The Kier molecular flexibility index (Phi) is 3.80. The lowest BCUT2D eigenvalue weighted by Gasteiger charge is -2.29. The van der Waals surface area contributed by atoms with Crippen molar-refractivity contribution in [2.45, 2.75) is 24.5 Å². The molecule has 0 saturated heterocycles. The zero-order valence-corrected chi connectivity index (χ0v) is 8.87. The summed E-state index contributed by atoms with van der Waals surface area (Å²) < 4.78 is 4.58. The molecule has 3 unspecified atom stereocenters. The van der Waals surface area contributed by atoms with Crippen LogP contribution in [-0.4, -0.2) is 29.4 Å². The number of thiol groups is 1. The van der Waals surface area contributed by atoms with Gasteiger partial charge in [0.05, 0.1) is 18.9 Å². The van der Waals surface area contributed by atoms with Gasteiger partial charge in [0.2, 0.25) is 0 Å². The van der Waals surface area contributed by atoms with Crippen LogP contribution in [0.2, 0.25) is 0 Å². The average Bonchev–Trinajstić information content (AvgIpc) is 2.16. The fourth-order valence-electron chi connectivity index (χ4n) is 1.86. The molecule has 0 radical (unpaired) electrons. The van der Waals surface area contributed by atoms with Gasteiger partial charge in [0.25, 0.3) is 0 Å². The molecule has 3 atom stereocenters. The molecule has 1 saturated carbocycles. The van der Waals surface area contributed by atoms with Gasteiger partial charge in [-0.05, 0) is 19.3 Å². The average molecular weight is 218 g/mol. The third-order valence-electron chi connectivity index (χ3n) is 2.64. The summed E-state index contributed by atoms with van der Waals surface area (Å²) in [5.41, 5.74) is 0. The van der Waals surface area contributed by atoms with Crippen LogP contribution in [0.5, 0.6) is 0 Å². The van der Waals surface area contributed by atoms with Gasteiger partial charge < -0.3 is 9.84 Å². The van der Waals surface area contributed by atoms with Gasteiger partial charge in [-0.1, -0.05) is 0 Å². The summed E-state index contributed by atoms with van der Waals surface area (Å²) in [5, 5.41) is 9.01. The van der Waals surface area contributed by atoms with E-state index in [4.69, 9.17) is 5.11 Å². The number of carbonyl (C=O) groups is 2. The number of ether oxygens (including phenoxy) is 1. The second kappa shape index (κ2) is 4.68. The van der Waals surface area contributed by atoms with E-state index in [2.05, 4.69) is 17.4 Å². The van der Waals surface area contributed by atoms with E-state index in [9.17, 15) is 9.59 Å². The van der Waals surface area contributed by atoms with Crippen LogP contribution in [0.4, 0.5) is 0 Å². The number of hydrogen-bond donors (Lipinski definition) is 2. The normalized spacial score (nSPS) is 32.3. The number of carbonyl (C=O) groups excluding carboxylic acids is 1. The van der Waals surface area contributed by atoms with Gasteiger partial charge in [-0.2, -0.15) is 12.6 Å². The highest BCUT2D eigenvalue weighted by molar-refractivity contribution is 7.80. The van der Waals surface area contributed by atoms with Crippen LogP contribution in [0.1, 0.15) is 19.3 Å². The summed E-state index contributed by atoms with van der Waals surface area (Å²) in [7, 11) is 1.28. The molecule has 1 rings (SSSR count). The van der Waals surface area contributed by atoms with Crippen molar-refractivity contribution in [2.75, 3.05) is 7.11 Å². The van der Waals surface area contributed by atoms with Gasteiger partial charge in [-0.3, -0.25) is 9.59 Å². The first-order chi connectivity index (χ1) is 6.56. The lowest BCUT2D eigenvalue weighted by Crippen LogP contribution is -2.36. The molecular formula is C9H14O4S. The predicted molar refractivity (Wildman–Crippen MR) is 53.3 cm³/mol. The van der Waals surface area contributed by atoms with E-state index in [1.54, 1.807) is 0 Å². The van der Waals surface area contributed by atoms with Gasteiger partial charge in [-0.15, -0.1) is 0 Å². The number of methoxy groups -OCH3 is 1. The van der Waals surface area contributed by atoms with Crippen molar-refractivity contribution in [1.82, 2.24) is 0 Å². The predicted octanol–water partition coefficient (Wildman–Crippen LogP) is 0.959. The third-order valence-corrected chi connectivity index (χ3v) is 3.11. The molecular weight excluding hydrogens is 204 g/mol. The Morgan fingerprint density at radius 3 is 2.50 bits per heavy atom. The molecule has 0 bridgehead atoms. The number of aliphatic carboxylic acids is 1. The summed E-state index contributed by atoms with van der Waals surface area (Å²) in [6.07, 6.45) is 1.74. The van der Waals surface area contributed by atoms with Crippen LogP contribution in [0, 0.1) is 11.8 Å². The number of carboxylic acid groups (broad SMARTS) is 1. The smallest absolute Gasteiger partial charge is 0.309 e. The molecule has 0 spiro atoms. The lowest BCUT2D eigenvalue weighted by molar-refractivity contribution is -0.157. The molecule has 1 aliphatic carbocycles. The first-order valence-electron chi connectivity index (χ1n) is 4.55. The minimum atomic E-state index is -0.916. The summed E-state index contributed by atoms with van der Waals surface area (Å²) in [5.74, 6) is -2.49. The molecule has 80 valence electrons. The van der Waals surface area contributed by atoms with E-state index < -0.39 is 23.8 Å². The molecule has 0 aromatic heterocycles. The molecule has 0 aromatic carbocycles. The topological polar surface area (TPSA) is 63.6 Å². The maximum absolute atomic E-state index is 11.3. The Labute approximate surface area is 88.0 Å². The maximum atomic E-state index is 11.3. The maximum Gasteiger partial charge on any atom is 0.309 e. The van der Waals surface area contributed by atoms with Gasteiger partial charge >= 0.3 is 11.9 Å². The van der Waals surface area contributed by atoms with E-state index >= 15 is 0 Å². The van der Waals surface area contributed by atoms with Crippen molar-refractivity contribution in [3.05, 3.63) is 0 Å². The second-order valence-electron chi connectivity index (χ2n) is 3.54. The first-order valence-corrected chi connectivity index (χ1v) is 5.06. The van der Waals surface area contributed by atoms with Crippen molar-refractivity contribution in [3.63, 3.8) is 0 Å². The number of esters is 1. The molecule has 1 N–H and O–H groups in total. The van der Waals surface area contributed by atoms with Crippen LogP contribution in [-0.2, 0) is 14.3 Å². The van der Waals surface area contributed by atoms with Crippen molar-refractivity contribution in [1.29, 1.82) is 0 Å². The zero-order chi connectivity index (χ0) is 10.7. The van der Waals surface area contributed by atoms with Crippen LogP contribution < -0.4 is 0 Å². The molecule has 1 aliphatic rings. The van der Waals surface area contributed by atoms with Crippen molar-refractivity contribution in [3.8, 4) is 0 Å². The lowest BCUT2D eigenvalue weighted by atomic mass is 9.79. The Morgan fingerprint density at radius 2 is 2.00 bits per heavy atom. The minimum absolute atomic E-state index is 0.106. The monoisotopic (exact) mass is 218 g/mol. The highest BCUT2D eigenvalue weighted by atomic mass is 32.1. The molecule has 5 heteroatoms. The van der Waals surface area contributed by atoms with Crippen LogP contribution in [0.25, 0.3) is 0 Å². The van der Waals surface area contributed by atoms with Crippen molar-refractivity contribution in [2.24, 2.45) is 11.8 Å². The standard InChI is InChI=1S/C9H14O4S/c1-13-9(12)7-4-5(14)2-3-6(7)8(10)11/h5-7,14H,2-4H2,1H3,(H,10,11). The Morgan fingerprint density at radius 1 is 1.36 bits per heavy atom. The minimum Gasteiger partial charge on any atom is -0.481 e. The van der Waals surface area contributed by atoms with Gasteiger partial charge in [0, 0.05) is 5.25 Å². The second-order valence-corrected chi connectivity index (χ2v) is 4.27. The Balaban J connectivity index is 2.73. The summed E-state index contributed by atoms with van der Waals surface area (Å²) in [6.45, 7) is 0. The van der Waals surface area contributed by atoms with E-state index in [0.717, 1.165) is 6.42 Å². The van der Waals surface area contributed by atoms with Crippen molar-refractivity contribution >= 4 is 24.6 Å². The first kappa shape index (κ1) is 11.4. The van der Waals surface area contributed by atoms with E-state index in [-0.39, 0.29) is 5.25 Å². The highest BCUT2D eigenvalue weighted by Crippen LogP contribution is 2.33. The van der Waals surface area contributed by atoms with Gasteiger partial charge in [-0.25, -0.2) is 0 Å². The van der Waals surface area contributed by atoms with Crippen molar-refractivity contribution < 1.29 is 19.4 Å².